The Kier molecular flexibility index (Phi) is 5.21. The predicted octanol–water partition coefficient (Wildman–Crippen LogP) is 5.01. The second-order valence-electron chi connectivity index (χ2n) is 7.40. The van der Waals surface area contributed by atoms with Crippen LogP contribution in [0.3, 0.4) is 0 Å². The molecule has 4 aromatic rings. The van der Waals surface area contributed by atoms with Crippen LogP contribution < -0.4 is 11.1 Å². The van der Waals surface area contributed by atoms with E-state index in [0.717, 1.165) is 22.8 Å². The number of aryl methyl sites for hydroxylation is 2. The third-order valence-electron chi connectivity index (χ3n) is 5.11. The van der Waals surface area contributed by atoms with E-state index in [9.17, 15) is 14.0 Å². The number of anilines is 1. The molecule has 0 saturated heterocycles. The first-order valence-corrected chi connectivity index (χ1v) is 9.71. The first-order valence-electron chi connectivity index (χ1n) is 9.71. The zero-order valence-corrected chi connectivity index (χ0v) is 17.1. The topological polar surface area (TPSA) is 85.1 Å². The smallest absolute Gasteiger partial charge is 0.256 e. The summed E-state index contributed by atoms with van der Waals surface area (Å²) < 4.78 is 13.8. The highest BCUT2D eigenvalue weighted by Gasteiger charge is 2.16. The maximum absolute atomic E-state index is 13.8. The van der Waals surface area contributed by atoms with E-state index in [2.05, 4.69) is 11.4 Å². The van der Waals surface area contributed by atoms with E-state index in [4.69, 9.17) is 10.7 Å². The van der Waals surface area contributed by atoms with E-state index < -0.39 is 17.6 Å². The van der Waals surface area contributed by atoms with Gasteiger partial charge in [-0.15, -0.1) is 0 Å². The van der Waals surface area contributed by atoms with Crippen molar-refractivity contribution in [3.05, 3.63) is 94.8 Å². The van der Waals surface area contributed by atoms with Gasteiger partial charge >= 0.3 is 0 Å². The van der Waals surface area contributed by atoms with Crippen molar-refractivity contribution in [1.82, 2.24) is 4.98 Å². The minimum Gasteiger partial charge on any atom is -0.366 e. The highest BCUT2D eigenvalue weighted by Crippen LogP contribution is 2.28. The second kappa shape index (κ2) is 7.99. The molecular weight excluding hydrogens is 393 g/mol. The maximum atomic E-state index is 13.8. The Morgan fingerprint density at radius 3 is 2.45 bits per heavy atom. The van der Waals surface area contributed by atoms with E-state index >= 15 is 0 Å². The van der Waals surface area contributed by atoms with Crippen LogP contribution in [0.4, 0.5) is 10.1 Å². The van der Waals surface area contributed by atoms with Gasteiger partial charge in [0.15, 0.2) is 0 Å². The Morgan fingerprint density at radius 1 is 0.935 bits per heavy atom. The first kappa shape index (κ1) is 20.2. The molecule has 0 fully saturated rings. The van der Waals surface area contributed by atoms with Gasteiger partial charge in [-0.2, -0.15) is 0 Å². The van der Waals surface area contributed by atoms with Crippen molar-refractivity contribution in [1.29, 1.82) is 0 Å². The van der Waals surface area contributed by atoms with Gasteiger partial charge in [-0.05, 0) is 49.7 Å². The second-order valence-corrected chi connectivity index (χ2v) is 7.40. The van der Waals surface area contributed by atoms with Crippen LogP contribution in [0.25, 0.3) is 22.2 Å². The number of hydrogen-bond donors (Lipinski definition) is 2. The number of rotatable bonds is 4. The number of nitrogens with zero attached hydrogens (tertiary/aromatic N) is 1. The van der Waals surface area contributed by atoms with Gasteiger partial charge in [0.25, 0.3) is 11.8 Å². The summed E-state index contributed by atoms with van der Waals surface area (Å²) in [5, 5.41) is 3.42. The Morgan fingerprint density at radius 2 is 1.71 bits per heavy atom. The lowest BCUT2D eigenvalue weighted by atomic mass is 9.99. The Bertz CT molecular complexity index is 1350. The number of para-hydroxylation sites is 1. The molecule has 3 aromatic carbocycles. The van der Waals surface area contributed by atoms with Crippen LogP contribution in [-0.2, 0) is 0 Å². The number of carbonyl (C=O) groups is 2. The lowest BCUT2D eigenvalue weighted by Crippen LogP contribution is -2.16. The van der Waals surface area contributed by atoms with Gasteiger partial charge in [-0.25, -0.2) is 9.37 Å². The number of fused-ring (bicyclic) bond motifs is 1. The Labute approximate surface area is 178 Å². The number of primary amides is 1. The molecular formula is C25H20FN3O2. The largest absolute Gasteiger partial charge is 0.366 e. The number of benzene rings is 3. The van der Waals surface area contributed by atoms with Crippen molar-refractivity contribution in [3.63, 3.8) is 0 Å². The lowest BCUT2D eigenvalue weighted by molar-refractivity contribution is 0.0992. The molecule has 0 aliphatic carbocycles. The first-order chi connectivity index (χ1) is 14.8. The number of hydrogen-bond acceptors (Lipinski definition) is 3. The minimum absolute atomic E-state index is 0.272. The highest BCUT2D eigenvalue weighted by molar-refractivity contribution is 6.13. The predicted molar refractivity (Wildman–Crippen MR) is 120 cm³/mol. The quantitative estimate of drug-likeness (QED) is 0.493. The molecule has 0 atom stereocenters. The SMILES string of the molecule is Cc1ccc(-c2cc(C(=O)Nc3ccc(F)c(C(N)=O)c3)c3ccccc3n2)c(C)c1. The molecule has 154 valence electrons. The average molecular weight is 413 g/mol. The number of pyridine rings is 1. The number of carbonyl (C=O) groups excluding carboxylic acids is 2. The molecule has 3 N–H and O–H groups in total. The Hall–Kier alpha value is -4.06. The van der Waals surface area contributed by atoms with E-state index in [-0.39, 0.29) is 11.3 Å². The number of amides is 2. The van der Waals surface area contributed by atoms with Crippen LogP contribution >= 0.6 is 0 Å². The van der Waals surface area contributed by atoms with E-state index in [1.165, 1.54) is 12.1 Å². The Balaban J connectivity index is 1.80. The zero-order chi connectivity index (χ0) is 22.1. The van der Waals surface area contributed by atoms with Gasteiger partial charge in [0.2, 0.25) is 0 Å². The van der Waals surface area contributed by atoms with Crippen molar-refractivity contribution in [2.24, 2.45) is 5.73 Å². The van der Waals surface area contributed by atoms with Gasteiger partial charge in [-0.3, -0.25) is 9.59 Å². The van der Waals surface area contributed by atoms with Crippen molar-refractivity contribution < 1.29 is 14.0 Å². The summed E-state index contributed by atoms with van der Waals surface area (Å²) in [4.78, 5) is 29.3. The summed E-state index contributed by atoms with van der Waals surface area (Å²) in [6, 6.07) is 18.9. The van der Waals surface area contributed by atoms with Gasteiger partial charge in [0.05, 0.1) is 22.3 Å². The molecule has 2 amide bonds. The number of nitrogens with two attached hydrogens (primary N) is 1. The fourth-order valence-electron chi connectivity index (χ4n) is 3.59. The standard InChI is InChI=1S/C25H20FN3O2/c1-14-7-9-17(15(2)11-14)23-13-19(18-5-3-4-6-22(18)29-23)25(31)28-16-8-10-21(26)20(12-16)24(27)30/h3-13H,1-2H3,(H2,27,30)(H,28,31). The van der Waals surface area contributed by atoms with Gasteiger partial charge in [0, 0.05) is 16.6 Å². The molecule has 0 aliphatic heterocycles. The molecule has 0 bridgehead atoms. The molecule has 0 saturated carbocycles. The molecule has 31 heavy (non-hydrogen) atoms. The van der Waals surface area contributed by atoms with Crippen molar-refractivity contribution in [2.75, 3.05) is 5.32 Å². The minimum atomic E-state index is -0.903. The van der Waals surface area contributed by atoms with Crippen LogP contribution in [0.15, 0.2) is 66.7 Å². The van der Waals surface area contributed by atoms with Crippen molar-refractivity contribution in [2.45, 2.75) is 13.8 Å². The third-order valence-corrected chi connectivity index (χ3v) is 5.11. The van der Waals surface area contributed by atoms with E-state index in [0.29, 0.717) is 22.2 Å². The fraction of sp³-hybridized carbons (Fsp3) is 0.0800. The molecule has 0 aliphatic rings. The van der Waals surface area contributed by atoms with Gasteiger partial charge in [0.1, 0.15) is 5.82 Å². The highest BCUT2D eigenvalue weighted by atomic mass is 19.1. The normalized spacial score (nSPS) is 10.8. The number of nitrogens with one attached hydrogen (secondary N) is 1. The molecule has 0 radical (unpaired) electrons. The molecule has 0 unspecified atom stereocenters. The van der Waals surface area contributed by atoms with Crippen LogP contribution in [0.5, 0.6) is 0 Å². The van der Waals surface area contributed by atoms with E-state index in [1.54, 1.807) is 6.07 Å². The summed E-state index contributed by atoms with van der Waals surface area (Å²) in [5.74, 6) is -2.04. The van der Waals surface area contributed by atoms with Crippen LogP contribution in [0, 0.1) is 19.7 Å². The third kappa shape index (κ3) is 4.00. The van der Waals surface area contributed by atoms with E-state index in [1.807, 2.05) is 50.2 Å². The summed E-state index contributed by atoms with van der Waals surface area (Å²) in [7, 11) is 0. The number of aromatic nitrogens is 1. The van der Waals surface area contributed by atoms with Crippen molar-refractivity contribution >= 4 is 28.4 Å². The maximum Gasteiger partial charge on any atom is 0.256 e. The lowest BCUT2D eigenvalue weighted by Gasteiger charge is -2.13. The summed E-state index contributed by atoms with van der Waals surface area (Å²) in [6.07, 6.45) is 0. The molecule has 1 heterocycles. The average Bonchev–Trinajstić information content (AvgIpc) is 2.74. The molecule has 0 spiro atoms. The summed E-state index contributed by atoms with van der Waals surface area (Å²) in [5.41, 5.74) is 10.1. The van der Waals surface area contributed by atoms with Crippen LogP contribution in [0.1, 0.15) is 31.8 Å². The molecule has 1 aromatic heterocycles. The number of halogens is 1. The molecule has 6 heteroatoms. The molecule has 4 rings (SSSR count). The monoisotopic (exact) mass is 413 g/mol. The zero-order valence-electron chi connectivity index (χ0n) is 17.1. The van der Waals surface area contributed by atoms with Crippen LogP contribution in [-0.4, -0.2) is 16.8 Å². The fourth-order valence-corrected chi connectivity index (χ4v) is 3.59. The summed E-state index contributed by atoms with van der Waals surface area (Å²) in [6.45, 7) is 4.02. The van der Waals surface area contributed by atoms with Crippen LogP contribution in [0.2, 0.25) is 0 Å². The van der Waals surface area contributed by atoms with Crippen molar-refractivity contribution in [3.8, 4) is 11.3 Å². The summed E-state index contributed by atoms with van der Waals surface area (Å²) >= 11 is 0. The van der Waals surface area contributed by atoms with Gasteiger partial charge < -0.3 is 11.1 Å². The van der Waals surface area contributed by atoms with Gasteiger partial charge in [-0.1, -0.05) is 42.0 Å². The molecule has 5 nitrogen and oxygen atoms in total.